The summed E-state index contributed by atoms with van der Waals surface area (Å²) in [7, 11) is 0. The molecular weight excluding hydrogens is 304 g/mol. The van der Waals surface area contributed by atoms with Crippen LogP contribution in [0.4, 0.5) is 5.69 Å². The summed E-state index contributed by atoms with van der Waals surface area (Å²) in [5.74, 6) is -0.0358. The van der Waals surface area contributed by atoms with Crippen molar-refractivity contribution in [1.82, 2.24) is 4.98 Å². The van der Waals surface area contributed by atoms with Gasteiger partial charge < -0.3 is 4.90 Å². The van der Waals surface area contributed by atoms with Crippen molar-refractivity contribution < 1.29 is 4.79 Å². The highest BCUT2D eigenvalue weighted by molar-refractivity contribution is 9.10. The number of rotatable bonds is 3. The highest BCUT2D eigenvalue weighted by Crippen LogP contribution is 2.18. The highest BCUT2D eigenvalue weighted by atomic mass is 79.9. The average Bonchev–Trinajstić information content (AvgIpc) is 2.42. The molecule has 0 radical (unpaired) electrons. The zero-order valence-corrected chi connectivity index (χ0v) is 12.5. The van der Waals surface area contributed by atoms with Gasteiger partial charge in [-0.1, -0.05) is 17.7 Å². The fraction of sp³-hybridized carbons (Fsp3) is 0.200. The number of halogens is 1. The Balaban J connectivity index is 2.29. The highest BCUT2D eigenvalue weighted by Gasteiger charge is 2.16. The van der Waals surface area contributed by atoms with Crippen molar-refractivity contribution in [2.45, 2.75) is 13.8 Å². The van der Waals surface area contributed by atoms with Crippen LogP contribution in [0.1, 0.15) is 22.8 Å². The van der Waals surface area contributed by atoms with Crippen molar-refractivity contribution in [2.24, 2.45) is 0 Å². The predicted octanol–water partition coefficient (Wildman–Crippen LogP) is 3.82. The normalized spacial score (nSPS) is 10.3. The number of nitrogens with zero attached hydrogens (tertiary/aromatic N) is 2. The maximum absolute atomic E-state index is 12.4. The van der Waals surface area contributed by atoms with Crippen LogP contribution in [-0.2, 0) is 0 Å². The van der Waals surface area contributed by atoms with Gasteiger partial charge in [0.2, 0.25) is 0 Å². The lowest BCUT2D eigenvalue weighted by molar-refractivity contribution is 0.0988. The summed E-state index contributed by atoms with van der Waals surface area (Å²) in [5.41, 5.74) is 2.67. The first-order valence-corrected chi connectivity index (χ1v) is 6.91. The zero-order valence-electron chi connectivity index (χ0n) is 10.9. The van der Waals surface area contributed by atoms with Gasteiger partial charge in [-0.3, -0.25) is 4.79 Å². The summed E-state index contributed by atoms with van der Waals surface area (Å²) in [6.07, 6.45) is 1.59. The van der Waals surface area contributed by atoms with Crippen molar-refractivity contribution in [3.05, 3.63) is 58.3 Å². The fourth-order valence-corrected chi connectivity index (χ4v) is 2.06. The van der Waals surface area contributed by atoms with E-state index in [1.807, 2.05) is 38.1 Å². The number of amides is 1. The Morgan fingerprint density at radius 1 is 1.21 bits per heavy atom. The SMILES string of the molecule is CCN(C(=O)c1ccc(Br)nc1)c1ccc(C)cc1. The summed E-state index contributed by atoms with van der Waals surface area (Å²) in [4.78, 5) is 18.3. The predicted molar refractivity (Wildman–Crippen MR) is 80.5 cm³/mol. The summed E-state index contributed by atoms with van der Waals surface area (Å²) >= 11 is 3.27. The fourth-order valence-electron chi connectivity index (χ4n) is 1.83. The van der Waals surface area contributed by atoms with Crippen molar-refractivity contribution in [3.63, 3.8) is 0 Å². The van der Waals surface area contributed by atoms with E-state index in [2.05, 4.69) is 20.9 Å². The van der Waals surface area contributed by atoms with Crippen LogP contribution >= 0.6 is 15.9 Å². The Kier molecular flexibility index (Phi) is 4.32. The van der Waals surface area contributed by atoms with E-state index in [4.69, 9.17) is 0 Å². The Morgan fingerprint density at radius 3 is 2.42 bits per heavy atom. The molecule has 0 aliphatic heterocycles. The molecule has 0 unspecified atom stereocenters. The van der Waals surface area contributed by atoms with Crippen LogP contribution < -0.4 is 4.90 Å². The van der Waals surface area contributed by atoms with Crippen LogP contribution in [0.3, 0.4) is 0 Å². The molecule has 3 nitrogen and oxygen atoms in total. The summed E-state index contributed by atoms with van der Waals surface area (Å²) in [5, 5.41) is 0. The number of aryl methyl sites for hydroxylation is 1. The van der Waals surface area contributed by atoms with Gasteiger partial charge in [-0.2, -0.15) is 0 Å². The molecule has 0 saturated heterocycles. The number of anilines is 1. The van der Waals surface area contributed by atoms with Gasteiger partial charge in [0, 0.05) is 18.4 Å². The Bertz CT molecular complexity index is 564. The third-order valence-electron chi connectivity index (χ3n) is 2.88. The standard InChI is InChI=1S/C15H15BrN2O/c1-3-18(13-7-4-11(2)5-8-13)15(19)12-6-9-14(16)17-10-12/h4-10H,3H2,1-2H3. The molecule has 19 heavy (non-hydrogen) atoms. The maximum Gasteiger partial charge on any atom is 0.259 e. The number of benzene rings is 1. The number of hydrogen-bond donors (Lipinski definition) is 0. The van der Waals surface area contributed by atoms with Gasteiger partial charge >= 0.3 is 0 Å². The Morgan fingerprint density at radius 2 is 1.89 bits per heavy atom. The van der Waals surface area contributed by atoms with E-state index in [-0.39, 0.29) is 5.91 Å². The van der Waals surface area contributed by atoms with Gasteiger partial charge in [-0.15, -0.1) is 0 Å². The number of hydrogen-bond acceptors (Lipinski definition) is 2. The van der Waals surface area contributed by atoms with Crippen molar-refractivity contribution in [1.29, 1.82) is 0 Å². The molecule has 2 rings (SSSR count). The molecule has 0 spiro atoms. The van der Waals surface area contributed by atoms with Crippen molar-refractivity contribution in [2.75, 3.05) is 11.4 Å². The van der Waals surface area contributed by atoms with Gasteiger partial charge in [0.25, 0.3) is 5.91 Å². The first kappa shape index (κ1) is 13.7. The van der Waals surface area contributed by atoms with Gasteiger partial charge in [0.15, 0.2) is 0 Å². The Hall–Kier alpha value is -1.68. The topological polar surface area (TPSA) is 33.2 Å². The van der Waals surface area contributed by atoms with E-state index in [0.29, 0.717) is 12.1 Å². The van der Waals surface area contributed by atoms with Crippen LogP contribution in [-0.4, -0.2) is 17.4 Å². The first-order chi connectivity index (χ1) is 9.11. The average molecular weight is 319 g/mol. The number of aromatic nitrogens is 1. The van der Waals surface area contributed by atoms with Gasteiger partial charge in [0.05, 0.1) is 5.56 Å². The molecule has 0 saturated carbocycles. The molecule has 0 aliphatic rings. The summed E-state index contributed by atoms with van der Waals surface area (Å²) in [6, 6.07) is 11.5. The largest absolute Gasteiger partial charge is 0.309 e. The molecule has 0 atom stereocenters. The number of pyridine rings is 1. The molecular formula is C15H15BrN2O. The van der Waals surface area contributed by atoms with Crippen LogP contribution in [0.25, 0.3) is 0 Å². The van der Waals surface area contributed by atoms with Crippen LogP contribution in [0, 0.1) is 6.92 Å². The van der Waals surface area contributed by atoms with Crippen molar-refractivity contribution in [3.8, 4) is 0 Å². The lowest BCUT2D eigenvalue weighted by atomic mass is 10.2. The molecule has 2 aromatic rings. The number of carbonyl (C=O) groups excluding carboxylic acids is 1. The minimum Gasteiger partial charge on any atom is -0.309 e. The summed E-state index contributed by atoms with van der Waals surface area (Å²) in [6.45, 7) is 4.61. The minimum absolute atomic E-state index is 0.0358. The Labute approximate surface area is 121 Å². The van der Waals surface area contributed by atoms with Crippen LogP contribution in [0.2, 0.25) is 0 Å². The molecule has 1 aromatic heterocycles. The van der Waals surface area contributed by atoms with E-state index in [1.54, 1.807) is 23.2 Å². The molecule has 0 N–H and O–H groups in total. The van der Waals surface area contributed by atoms with E-state index in [9.17, 15) is 4.79 Å². The first-order valence-electron chi connectivity index (χ1n) is 6.12. The van der Waals surface area contributed by atoms with E-state index < -0.39 is 0 Å². The molecule has 1 aromatic carbocycles. The van der Waals surface area contributed by atoms with Crippen LogP contribution in [0.5, 0.6) is 0 Å². The van der Waals surface area contributed by atoms with Gasteiger partial charge in [-0.05, 0) is 54.0 Å². The third kappa shape index (κ3) is 3.20. The lowest BCUT2D eigenvalue weighted by Gasteiger charge is -2.21. The summed E-state index contributed by atoms with van der Waals surface area (Å²) < 4.78 is 0.724. The van der Waals surface area contributed by atoms with E-state index >= 15 is 0 Å². The molecule has 1 amide bonds. The van der Waals surface area contributed by atoms with Crippen LogP contribution in [0.15, 0.2) is 47.2 Å². The smallest absolute Gasteiger partial charge is 0.259 e. The molecule has 0 bridgehead atoms. The molecule has 1 heterocycles. The third-order valence-corrected chi connectivity index (χ3v) is 3.35. The molecule has 0 aliphatic carbocycles. The van der Waals surface area contributed by atoms with E-state index in [1.165, 1.54) is 5.56 Å². The quantitative estimate of drug-likeness (QED) is 0.806. The second-order valence-corrected chi connectivity index (χ2v) is 5.07. The maximum atomic E-state index is 12.4. The second kappa shape index (κ2) is 5.97. The molecule has 98 valence electrons. The number of carbonyl (C=O) groups is 1. The minimum atomic E-state index is -0.0358. The monoisotopic (exact) mass is 318 g/mol. The van der Waals surface area contributed by atoms with Gasteiger partial charge in [0.1, 0.15) is 4.60 Å². The zero-order chi connectivity index (χ0) is 13.8. The van der Waals surface area contributed by atoms with E-state index in [0.717, 1.165) is 10.3 Å². The second-order valence-electron chi connectivity index (χ2n) is 4.25. The molecule has 0 fully saturated rings. The van der Waals surface area contributed by atoms with Gasteiger partial charge in [-0.25, -0.2) is 4.98 Å². The molecule has 4 heteroatoms. The van der Waals surface area contributed by atoms with Crippen molar-refractivity contribution >= 4 is 27.5 Å². The lowest BCUT2D eigenvalue weighted by Crippen LogP contribution is -2.30.